The zero-order chi connectivity index (χ0) is 16.1. The van der Waals surface area contributed by atoms with Gasteiger partial charge in [0.15, 0.2) is 0 Å². The van der Waals surface area contributed by atoms with Crippen LogP contribution in [0.1, 0.15) is 58.8 Å². The van der Waals surface area contributed by atoms with Crippen molar-refractivity contribution in [2.45, 2.75) is 77.0 Å². The average Bonchev–Trinajstić information content (AvgIpc) is 2.56. The van der Waals surface area contributed by atoms with E-state index in [9.17, 15) is 0 Å². The maximum absolute atomic E-state index is 5.62. The zero-order valence-electron chi connectivity index (χ0n) is 14.5. The van der Waals surface area contributed by atoms with Crippen LogP contribution >= 0.6 is 0 Å². The van der Waals surface area contributed by atoms with Crippen LogP contribution in [0.2, 0.25) is 0 Å². The van der Waals surface area contributed by atoms with Crippen molar-refractivity contribution in [3.8, 4) is 5.88 Å². The Morgan fingerprint density at radius 3 is 2.52 bits per heavy atom. The molecule has 5 nitrogen and oxygen atoms in total. The topological polar surface area (TPSA) is 50.3 Å². The van der Waals surface area contributed by atoms with Crippen LogP contribution in [0.3, 0.4) is 0 Å². The van der Waals surface area contributed by atoms with Crippen molar-refractivity contribution < 1.29 is 4.74 Å². The summed E-state index contributed by atoms with van der Waals surface area (Å²) in [5, 5.41) is 3.54. The highest BCUT2D eigenvalue weighted by Crippen LogP contribution is 2.26. The van der Waals surface area contributed by atoms with Gasteiger partial charge in [0, 0.05) is 25.2 Å². The summed E-state index contributed by atoms with van der Waals surface area (Å²) in [4.78, 5) is 11.4. The Morgan fingerprint density at radius 1 is 1.09 bits per heavy atom. The maximum Gasteiger partial charge on any atom is 0.234 e. The summed E-state index contributed by atoms with van der Waals surface area (Å²) in [5.41, 5.74) is 0. The van der Waals surface area contributed by atoms with E-state index in [1.54, 1.807) is 12.4 Å². The molecule has 1 aromatic heterocycles. The summed E-state index contributed by atoms with van der Waals surface area (Å²) in [5.74, 6) is 1.43. The molecule has 2 heterocycles. The monoisotopic (exact) mass is 318 g/mol. The first-order chi connectivity index (χ1) is 11.2. The van der Waals surface area contributed by atoms with Gasteiger partial charge in [-0.2, -0.15) is 4.98 Å². The highest BCUT2D eigenvalue weighted by Gasteiger charge is 2.26. The summed E-state index contributed by atoms with van der Waals surface area (Å²) < 4.78 is 5.62. The molecule has 1 saturated carbocycles. The van der Waals surface area contributed by atoms with E-state index in [1.807, 2.05) is 13.8 Å². The number of nitrogens with one attached hydrogen (secondary N) is 1. The summed E-state index contributed by atoms with van der Waals surface area (Å²) in [6, 6.07) is 1.34. The predicted molar refractivity (Wildman–Crippen MR) is 92.9 cm³/mol. The van der Waals surface area contributed by atoms with E-state index < -0.39 is 0 Å². The molecule has 2 aliphatic rings. The molecule has 128 valence electrons. The molecule has 1 aliphatic heterocycles. The fourth-order valence-corrected chi connectivity index (χ4v) is 3.78. The number of anilines is 1. The van der Waals surface area contributed by atoms with Crippen LogP contribution in [-0.4, -0.2) is 46.1 Å². The van der Waals surface area contributed by atoms with E-state index >= 15 is 0 Å². The molecule has 1 N–H and O–H groups in total. The van der Waals surface area contributed by atoms with Gasteiger partial charge in [-0.05, 0) is 39.5 Å². The number of piperidine rings is 1. The van der Waals surface area contributed by atoms with Crippen molar-refractivity contribution >= 4 is 5.82 Å². The van der Waals surface area contributed by atoms with Crippen LogP contribution in [0, 0.1) is 0 Å². The van der Waals surface area contributed by atoms with Gasteiger partial charge in [0.25, 0.3) is 0 Å². The van der Waals surface area contributed by atoms with Crippen molar-refractivity contribution in [3.05, 3.63) is 12.4 Å². The number of hydrogen-bond donors (Lipinski definition) is 1. The summed E-state index contributed by atoms with van der Waals surface area (Å²) >= 11 is 0. The Labute approximate surface area is 139 Å². The lowest BCUT2D eigenvalue weighted by atomic mass is 9.92. The summed E-state index contributed by atoms with van der Waals surface area (Å²) in [6.45, 7) is 6.42. The lowest BCUT2D eigenvalue weighted by Gasteiger charge is -2.39. The van der Waals surface area contributed by atoms with Crippen LogP contribution in [0.25, 0.3) is 0 Å². The van der Waals surface area contributed by atoms with Crippen molar-refractivity contribution in [3.63, 3.8) is 0 Å². The van der Waals surface area contributed by atoms with Gasteiger partial charge < -0.3 is 15.0 Å². The van der Waals surface area contributed by atoms with E-state index in [1.165, 1.54) is 58.0 Å². The highest BCUT2D eigenvalue weighted by molar-refractivity contribution is 5.34. The minimum absolute atomic E-state index is 0.123. The van der Waals surface area contributed by atoms with Gasteiger partial charge in [-0.15, -0.1) is 0 Å². The minimum atomic E-state index is 0.123. The second kappa shape index (κ2) is 7.95. The molecular weight excluding hydrogens is 288 g/mol. The Bertz CT molecular complexity index is 480. The molecule has 2 fully saturated rings. The van der Waals surface area contributed by atoms with Crippen LogP contribution in [0.15, 0.2) is 12.4 Å². The number of likely N-dealkylation sites (tertiary alicyclic amines) is 1. The molecule has 1 aliphatic carbocycles. The predicted octanol–water partition coefficient (Wildman–Crippen LogP) is 3.47. The van der Waals surface area contributed by atoms with Gasteiger partial charge in [0.05, 0.1) is 18.5 Å². The molecule has 0 atom stereocenters. The summed E-state index contributed by atoms with van der Waals surface area (Å²) in [6.07, 6.45) is 13.0. The van der Waals surface area contributed by atoms with Gasteiger partial charge >= 0.3 is 0 Å². The van der Waals surface area contributed by atoms with Gasteiger partial charge in [-0.25, -0.2) is 0 Å². The largest absolute Gasteiger partial charge is 0.474 e. The van der Waals surface area contributed by atoms with E-state index in [4.69, 9.17) is 4.74 Å². The lowest BCUT2D eigenvalue weighted by Crippen LogP contribution is -2.45. The second-order valence-corrected chi connectivity index (χ2v) is 7.16. The van der Waals surface area contributed by atoms with E-state index in [0.717, 1.165) is 11.9 Å². The first-order valence-corrected chi connectivity index (χ1v) is 9.20. The Hall–Kier alpha value is -1.36. The standard InChI is InChI=1S/C18H30N4O/c1-14(2)23-18-13-19-12-17(21-18)20-15-8-10-22(11-9-15)16-6-4-3-5-7-16/h12-16H,3-11H2,1-2H3,(H,20,21). The third-order valence-electron chi connectivity index (χ3n) is 4.94. The number of hydrogen-bond acceptors (Lipinski definition) is 5. The summed E-state index contributed by atoms with van der Waals surface area (Å²) in [7, 11) is 0. The molecule has 0 bridgehead atoms. The molecule has 0 amide bonds. The van der Waals surface area contributed by atoms with Crippen LogP contribution in [-0.2, 0) is 0 Å². The van der Waals surface area contributed by atoms with Crippen LogP contribution in [0.5, 0.6) is 5.88 Å². The van der Waals surface area contributed by atoms with Crippen molar-refractivity contribution in [2.24, 2.45) is 0 Å². The Kier molecular flexibility index (Phi) is 5.70. The first kappa shape index (κ1) is 16.5. The zero-order valence-corrected chi connectivity index (χ0v) is 14.5. The average molecular weight is 318 g/mol. The molecule has 3 rings (SSSR count). The highest BCUT2D eigenvalue weighted by atomic mass is 16.5. The molecular formula is C18H30N4O. The lowest BCUT2D eigenvalue weighted by molar-refractivity contribution is 0.126. The third-order valence-corrected chi connectivity index (χ3v) is 4.94. The van der Waals surface area contributed by atoms with E-state index in [0.29, 0.717) is 11.9 Å². The van der Waals surface area contributed by atoms with Gasteiger partial charge in [0.2, 0.25) is 5.88 Å². The smallest absolute Gasteiger partial charge is 0.234 e. The van der Waals surface area contributed by atoms with Crippen molar-refractivity contribution in [1.29, 1.82) is 0 Å². The molecule has 1 saturated heterocycles. The van der Waals surface area contributed by atoms with Crippen LogP contribution < -0.4 is 10.1 Å². The molecule has 0 spiro atoms. The Morgan fingerprint density at radius 2 is 1.83 bits per heavy atom. The van der Waals surface area contributed by atoms with Gasteiger partial charge in [-0.3, -0.25) is 4.98 Å². The number of nitrogens with zero attached hydrogens (tertiary/aromatic N) is 3. The molecule has 1 aromatic rings. The SMILES string of the molecule is CC(C)Oc1cncc(NC2CCN(C3CCCCC3)CC2)n1. The number of rotatable bonds is 5. The molecule has 0 unspecified atom stereocenters. The molecule has 0 radical (unpaired) electrons. The van der Waals surface area contributed by atoms with Gasteiger partial charge in [0.1, 0.15) is 5.82 Å². The third kappa shape index (κ3) is 4.80. The van der Waals surface area contributed by atoms with E-state index in [-0.39, 0.29) is 6.10 Å². The van der Waals surface area contributed by atoms with Crippen molar-refractivity contribution in [2.75, 3.05) is 18.4 Å². The number of aromatic nitrogens is 2. The maximum atomic E-state index is 5.62. The molecule has 0 aromatic carbocycles. The fraction of sp³-hybridized carbons (Fsp3) is 0.778. The van der Waals surface area contributed by atoms with Crippen LogP contribution in [0.4, 0.5) is 5.82 Å². The molecule has 23 heavy (non-hydrogen) atoms. The second-order valence-electron chi connectivity index (χ2n) is 7.16. The van der Waals surface area contributed by atoms with E-state index in [2.05, 4.69) is 20.2 Å². The minimum Gasteiger partial charge on any atom is -0.474 e. The normalized spacial score (nSPS) is 21.5. The number of ether oxygens (including phenoxy) is 1. The van der Waals surface area contributed by atoms with Crippen molar-refractivity contribution in [1.82, 2.24) is 14.9 Å². The quantitative estimate of drug-likeness (QED) is 0.901. The van der Waals surface area contributed by atoms with Gasteiger partial charge in [-0.1, -0.05) is 19.3 Å². The Balaban J connectivity index is 1.48. The first-order valence-electron chi connectivity index (χ1n) is 9.20. The molecule has 5 heteroatoms. The fourth-order valence-electron chi connectivity index (χ4n) is 3.78.